The molecule has 4 heterocycles. The number of β-amino-alcohol motifs (C(OH)–C–C–N with tert-alkyl or cyclic N) is 1. The van der Waals surface area contributed by atoms with E-state index in [1.165, 1.54) is 6.33 Å². The predicted octanol–water partition coefficient (Wildman–Crippen LogP) is 1.84. The molecule has 31 heavy (non-hydrogen) atoms. The maximum atomic E-state index is 10.8. The first-order valence-electron chi connectivity index (χ1n) is 10.4. The van der Waals surface area contributed by atoms with Crippen molar-refractivity contribution in [2.45, 2.75) is 31.1 Å². The van der Waals surface area contributed by atoms with Crippen LogP contribution >= 0.6 is 0 Å². The SMILES string of the molecule is CN1CC(O)(Cn2nc(-c3ccc4nc(OC5CC5)ccc4c3)c3c(N)ncnc32)C1. The van der Waals surface area contributed by atoms with Crippen LogP contribution < -0.4 is 10.5 Å². The molecule has 0 amide bonds. The number of ether oxygens (including phenoxy) is 1. The Morgan fingerprint density at radius 2 is 2.03 bits per heavy atom. The van der Waals surface area contributed by atoms with Crippen LogP contribution in [0.5, 0.6) is 5.88 Å². The molecule has 9 heteroatoms. The summed E-state index contributed by atoms with van der Waals surface area (Å²) in [5.74, 6) is 1.03. The summed E-state index contributed by atoms with van der Waals surface area (Å²) >= 11 is 0. The Kier molecular flexibility index (Phi) is 3.93. The van der Waals surface area contributed by atoms with Gasteiger partial charge in [0.15, 0.2) is 5.65 Å². The van der Waals surface area contributed by atoms with Gasteiger partial charge in [0.25, 0.3) is 0 Å². The van der Waals surface area contributed by atoms with Crippen molar-refractivity contribution in [2.75, 3.05) is 25.9 Å². The number of benzene rings is 1. The lowest BCUT2D eigenvalue weighted by molar-refractivity contribution is -0.0977. The molecule has 1 saturated carbocycles. The second-order valence-electron chi connectivity index (χ2n) is 8.73. The molecule has 2 aliphatic rings. The van der Waals surface area contributed by atoms with Gasteiger partial charge in [-0.2, -0.15) is 5.10 Å². The Bertz CT molecular complexity index is 1310. The maximum absolute atomic E-state index is 10.8. The third-order valence-electron chi connectivity index (χ3n) is 5.88. The number of anilines is 1. The summed E-state index contributed by atoms with van der Waals surface area (Å²) in [7, 11) is 1.98. The lowest BCUT2D eigenvalue weighted by Crippen LogP contribution is -2.62. The van der Waals surface area contributed by atoms with Gasteiger partial charge in [-0.15, -0.1) is 0 Å². The van der Waals surface area contributed by atoms with E-state index in [0.29, 0.717) is 54.2 Å². The zero-order chi connectivity index (χ0) is 21.2. The smallest absolute Gasteiger partial charge is 0.214 e. The molecular weight excluding hydrogens is 394 g/mol. The summed E-state index contributed by atoms with van der Waals surface area (Å²) in [5.41, 5.74) is 8.48. The molecule has 2 fully saturated rings. The van der Waals surface area contributed by atoms with Gasteiger partial charge < -0.3 is 20.5 Å². The number of nitrogen functional groups attached to an aromatic ring is 1. The van der Waals surface area contributed by atoms with Crippen molar-refractivity contribution >= 4 is 27.8 Å². The van der Waals surface area contributed by atoms with Gasteiger partial charge in [0.2, 0.25) is 5.88 Å². The van der Waals surface area contributed by atoms with Crippen molar-refractivity contribution in [1.82, 2.24) is 29.6 Å². The van der Waals surface area contributed by atoms with Crippen LogP contribution in [0.4, 0.5) is 5.82 Å². The van der Waals surface area contributed by atoms with Gasteiger partial charge >= 0.3 is 0 Å². The normalized spacial score (nSPS) is 18.4. The monoisotopic (exact) mass is 417 g/mol. The number of hydrogen-bond donors (Lipinski definition) is 2. The highest BCUT2D eigenvalue weighted by Gasteiger charge is 2.40. The summed E-state index contributed by atoms with van der Waals surface area (Å²) in [4.78, 5) is 15.3. The standard InChI is InChI=1S/C22H23N7O2/c1-28-9-22(30,10-28)11-29-21-18(20(23)24-12-25-21)19(27-29)14-2-6-16-13(8-14)3-7-17(26-16)31-15-4-5-15/h2-3,6-8,12,15,30H,4-5,9-11H2,1H3,(H2,23,24,25). The van der Waals surface area contributed by atoms with Gasteiger partial charge in [0.05, 0.1) is 17.4 Å². The molecular formula is C22H23N7O2. The zero-order valence-corrected chi connectivity index (χ0v) is 17.2. The van der Waals surface area contributed by atoms with E-state index < -0.39 is 5.60 Å². The van der Waals surface area contributed by atoms with Crippen molar-refractivity contribution in [2.24, 2.45) is 0 Å². The van der Waals surface area contributed by atoms with Gasteiger partial charge in [-0.05, 0) is 38.1 Å². The molecule has 3 aromatic heterocycles. The first kappa shape index (κ1) is 18.5. The highest BCUT2D eigenvalue weighted by atomic mass is 16.5. The first-order valence-corrected chi connectivity index (χ1v) is 10.4. The minimum atomic E-state index is -0.823. The Balaban J connectivity index is 1.42. The van der Waals surface area contributed by atoms with Crippen LogP contribution in [0.1, 0.15) is 12.8 Å². The fourth-order valence-electron chi connectivity index (χ4n) is 4.36. The van der Waals surface area contributed by atoms with Crippen LogP contribution in [0, 0.1) is 0 Å². The topological polar surface area (TPSA) is 115 Å². The van der Waals surface area contributed by atoms with Crippen LogP contribution in [0.15, 0.2) is 36.7 Å². The summed E-state index contributed by atoms with van der Waals surface area (Å²) in [6.45, 7) is 1.54. The predicted molar refractivity (Wildman–Crippen MR) is 117 cm³/mol. The molecule has 0 atom stereocenters. The Labute approximate surface area is 178 Å². The van der Waals surface area contributed by atoms with Crippen LogP contribution in [0.2, 0.25) is 0 Å². The number of likely N-dealkylation sites (N-methyl/N-ethyl adjacent to an activating group) is 1. The molecule has 0 radical (unpaired) electrons. The minimum absolute atomic E-state index is 0.313. The van der Waals surface area contributed by atoms with Crippen molar-refractivity contribution in [3.63, 3.8) is 0 Å². The Morgan fingerprint density at radius 3 is 2.81 bits per heavy atom. The Hall–Kier alpha value is -3.30. The largest absolute Gasteiger partial charge is 0.474 e. The van der Waals surface area contributed by atoms with Crippen molar-refractivity contribution in [3.8, 4) is 17.1 Å². The van der Waals surface area contributed by atoms with Crippen molar-refractivity contribution in [1.29, 1.82) is 0 Å². The van der Waals surface area contributed by atoms with Crippen LogP contribution in [-0.2, 0) is 6.54 Å². The van der Waals surface area contributed by atoms with E-state index in [1.807, 2.05) is 37.4 Å². The third kappa shape index (κ3) is 3.26. The Morgan fingerprint density at radius 1 is 1.19 bits per heavy atom. The number of pyridine rings is 1. The number of nitrogens with two attached hydrogens (primary N) is 1. The van der Waals surface area contributed by atoms with E-state index in [1.54, 1.807) is 4.68 Å². The number of rotatable bonds is 5. The fraction of sp³-hybridized carbons (Fsp3) is 0.364. The van der Waals surface area contributed by atoms with Gasteiger partial charge in [-0.1, -0.05) is 6.07 Å². The van der Waals surface area contributed by atoms with E-state index in [0.717, 1.165) is 29.3 Å². The molecule has 158 valence electrons. The van der Waals surface area contributed by atoms with Gasteiger partial charge in [0, 0.05) is 30.1 Å². The van der Waals surface area contributed by atoms with Crippen LogP contribution in [0.25, 0.3) is 33.2 Å². The lowest BCUT2D eigenvalue weighted by atomic mass is 9.95. The van der Waals surface area contributed by atoms with Gasteiger partial charge in [0.1, 0.15) is 29.5 Å². The van der Waals surface area contributed by atoms with Crippen molar-refractivity contribution < 1.29 is 9.84 Å². The molecule has 0 spiro atoms. The average molecular weight is 417 g/mol. The quantitative estimate of drug-likeness (QED) is 0.505. The van der Waals surface area contributed by atoms with Gasteiger partial charge in [-0.3, -0.25) is 0 Å². The number of fused-ring (bicyclic) bond motifs is 2. The molecule has 1 saturated heterocycles. The zero-order valence-electron chi connectivity index (χ0n) is 17.2. The molecule has 0 bridgehead atoms. The van der Waals surface area contributed by atoms with E-state index in [-0.39, 0.29) is 0 Å². The molecule has 1 aliphatic heterocycles. The molecule has 4 aromatic rings. The molecule has 1 aliphatic carbocycles. The molecule has 9 nitrogen and oxygen atoms in total. The van der Waals surface area contributed by atoms with Gasteiger partial charge in [-0.25, -0.2) is 19.6 Å². The lowest BCUT2D eigenvalue weighted by Gasteiger charge is -2.44. The van der Waals surface area contributed by atoms with E-state index in [9.17, 15) is 5.11 Å². The van der Waals surface area contributed by atoms with Crippen molar-refractivity contribution in [3.05, 3.63) is 36.7 Å². The number of likely N-dealkylation sites (tertiary alicyclic amines) is 1. The number of aliphatic hydroxyl groups is 1. The molecule has 1 aromatic carbocycles. The molecule has 0 unspecified atom stereocenters. The van der Waals surface area contributed by atoms with E-state index in [2.05, 4.69) is 19.9 Å². The fourth-order valence-corrected chi connectivity index (χ4v) is 4.36. The second-order valence-corrected chi connectivity index (χ2v) is 8.73. The molecule has 3 N–H and O–H groups in total. The number of hydrogen-bond acceptors (Lipinski definition) is 8. The average Bonchev–Trinajstić information content (AvgIpc) is 3.46. The summed E-state index contributed by atoms with van der Waals surface area (Å²) in [5, 5.41) is 17.3. The first-order chi connectivity index (χ1) is 15.0. The number of aromatic nitrogens is 5. The summed E-state index contributed by atoms with van der Waals surface area (Å²) < 4.78 is 7.55. The highest BCUT2D eigenvalue weighted by molar-refractivity contribution is 5.99. The van der Waals surface area contributed by atoms with Crippen LogP contribution in [-0.4, -0.2) is 66.6 Å². The number of nitrogens with zero attached hydrogens (tertiary/aromatic N) is 6. The maximum Gasteiger partial charge on any atom is 0.214 e. The molecule has 6 rings (SSSR count). The van der Waals surface area contributed by atoms with Crippen LogP contribution in [0.3, 0.4) is 0 Å². The second kappa shape index (κ2) is 6.60. The summed E-state index contributed by atoms with van der Waals surface area (Å²) in [6, 6.07) is 9.88. The van der Waals surface area contributed by atoms with E-state index >= 15 is 0 Å². The highest BCUT2D eigenvalue weighted by Crippen LogP contribution is 2.34. The minimum Gasteiger partial charge on any atom is -0.474 e. The third-order valence-corrected chi connectivity index (χ3v) is 5.88. The summed E-state index contributed by atoms with van der Waals surface area (Å²) in [6.07, 6.45) is 3.95. The van der Waals surface area contributed by atoms with E-state index in [4.69, 9.17) is 15.6 Å².